The lowest BCUT2D eigenvalue weighted by Crippen LogP contribution is -2.34. The number of hydrogen-bond donors (Lipinski definition) is 2. The topological polar surface area (TPSA) is 77.6 Å². The van der Waals surface area contributed by atoms with Crippen molar-refractivity contribution in [2.45, 2.75) is 45.6 Å². The normalized spacial score (nSPS) is 16.6. The van der Waals surface area contributed by atoms with Crippen LogP contribution in [-0.2, 0) is 11.0 Å². The molecule has 0 aliphatic carbocycles. The molecule has 1 aromatic heterocycles. The number of nitrogens with one attached hydrogen (secondary N) is 2. The fraction of sp³-hybridized carbons (Fsp3) is 0.381. The molecule has 0 radical (unpaired) electrons. The number of benzene rings is 1. The van der Waals surface area contributed by atoms with Crippen molar-refractivity contribution in [2.75, 3.05) is 6.54 Å². The molecular weight excluding hydrogens is 473 g/mol. The van der Waals surface area contributed by atoms with Crippen molar-refractivity contribution in [1.29, 1.82) is 0 Å². The van der Waals surface area contributed by atoms with Gasteiger partial charge in [0.15, 0.2) is 0 Å². The molecule has 0 bridgehead atoms. The van der Waals surface area contributed by atoms with Gasteiger partial charge in [0, 0.05) is 30.3 Å². The Morgan fingerprint density at radius 2 is 1.82 bits per heavy atom. The quantitative estimate of drug-likeness (QED) is 0.603. The Hall–Kier alpha value is -3.38. The van der Waals surface area contributed by atoms with Crippen LogP contribution in [0, 0.1) is 19.7 Å². The summed E-state index contributed by atoms with van der Waals surface area (Å²) in [6.07, 6.45) is -9.52. The van der Waals surface area contributed by atoms with E-state index < -0.39 is 48.1 Å². The number of hydrazone groups is 1. The Bertz CT molecular complexity index is 1170. The average molecular weight is 492 g/mol. The number of H-pyrrole nitrogens is 1. The third-order valence-electron chi connectivity index (χ3n) is 5.33. The maximum Gasteiger partial charge on any atom is 0.419 e. The van der Waals surface area contributed by atoms with Crippen molar-refractivity contribution in [3.63, 3.8) is 0 Å². The van der Waals surface area contributed by atoms with Gasteiger partial charge >= 0.3 is 12.4 Å². The van der Waals surface area contributed by atoms with Crippen molar-refractivity contribution in [3.8, 4) is 0 Å². The number of halogens is 7. The van der Waals surface area contributed by atoms with Crippen molar-refractivity contribution in [1.82, 2.24) is 15.3 Å². The van der Waals surface area contributed by atoms with Gasteiger partial charge in [0.05, 0.1) is 16.8 Å². The van der Waals surface area contributed by atoms with Gasteiger partial charge in [-0.15, -0.1) is 0 Å². The molecule has 2 aromatic rings. The zero-order valence-electron chi connectivity index (χ0n) is 18.1. The first-order chi connectivity index (χ1) is 15.6. The lowest BCUT2D eigenvalue weighted by Gasteiger charge is -2.20. The highest BCUT2D eigenvalue weighted by Gasteiger charge is 2.37. The minimum absolute atomic E-state index is 0.0308. The molecule has 2 heterocycles. The van der Waals surface area contributed by atoms with E-state index in [-0.39, 0.29) is 34.5 Å². The van der Waals surface area contributed by atoms with Crippen LogP contribution in [0.4, 0.5) is 30.7 Å². The lowest BCUT2D eigenvalue weighted by atomic mass is 9.98. The molecule has 1 aliphatic rings. The van der Waals surface area contributed by atoms with E-state index in [9.17, 15) is 40.3 Å². The molecule has 0 saturated carbocycles. The van der Waals surface area contributed by atoms with E-state index in [4.69, 9.17) is 0 Å². The molecular formula is C21H19F7N4O2. The number of carbonyl (C=O) groups excluding carboxylic acids is 2. The van der Waals surface area contributed by atoms with E-state index >= 15 is 0 Å². The Balaban J connectivity index is 1.93. The number of aromatic nitrogens is 1. The molecule has 184 valence electrons. The molecule has 2 amide bonds. The Morgan fingerprint density at radius 1 is 1.18 bits per heavy atom. The van der Waals surface area contributed by atoms with Crippen LogP contribution in [0.1, 0.15) is 57.8 Å². The summed E-state index contributed by atoms with van der Waals surface area (Å²) in [7, 11) is 0. The lowest BCUT2D eigenvalue weighted by molar-refractivity contribution is -0.140. The summed E-state index contributed by atoms with van der Waals surface area (Å²) < 4.78 is 90.1. The Labute approximate surface area is 188 Å². The highest BCUT2D eigenvalue weighted by Crippen LogP contribution is 2.37. The van der Waals surface area contributed by atoms with Crippen LogP contribution in [0.2, 0.25) is 0 Å². The van der Waals surface area contributed by atoms with Crippen LogP contribution >= 0.6 is 0 Å². The van der Waals surface area contributed by atoms with E-state index in [1.165, 1.54) is 20.8 Å². The minimum Gasteiger partial charge on any atom is -0.360 e. The summed E-state index contributed by atoms with van der Waals surface area (Å²) in [6.45, 7) is 2.62. The van der Waals surface area contributed by atoms with Gasteiger partial charge in [-0.2, -0.15) is 31.4 Å². The molecule has 34 heavy (non-hydrogen) atoms. The van der Waals surface area contributed by atoms with Gasteiger partial charge in [-0.05, 0) is 31.5 Å². The van der Waals surface area contributed by atoms with E-state index in [1.54, 1.807) is 5.32 Å². The van der Waals surface area contributed by atoms with Crippen LogP contribution < -0.4 is 5.32 Å². The first-order valence-electron chi connectivity index (χ1n) is 9.88. The van der Waals surface area contributed by atoms with Gasteiger partial charge in [0.25, 0.3) is 5.91 Å². The van der Waals surface area contributed by atoms with Crippen LogP contribution in [-0.4, -0.2) is 40.2 Å². The molecule has 13 heteroatoms. The van der Waals surface area contributed by atoms with Crippen molar-refractivity contribution < 1.29 is 40.3 Å². The number of carbonyl (C=O) groups is 2. The summed E-state index contributed by atoms with van der Waals surface area (Å²) in [5, 5.41) is 6.94. The summed E-state index contributed by atoms with van der Waals surface area (Å²) in [5.74, 6) is -3.00. The second kappa shape index (κ2) is 8.76. The summed E-state index contributed by atoms with van der Waals surface area (Å²) in [6, 6.07) is 1.45. The number of aromatic amines is 1. The fourth-order valence-electron chi connectivity index (χ4n) is 3.84. The van der Waals surface area contributed by atoms with Gasteiger partial charge in [-0.1, -0.05) is 6.07 Å². The van der Waals surface area contributed by atoms with Gasteiger partial charge in [-0.3, -0.25) is 9.59 Å². The van der Waals surface area contributed by atoms with E-state index in [0.717, 1.165) is 11.1 Å². The molecule has 0 saturated heterocycles. The summed E-state index contributed by atoms with van der Waals surface area (Å²) in [4.78, 5) is 27.4. The number of nitrogens with zero attached hydrogens (tertiary/aromatic N) is 2. The number of alkyl halides is 6. The number of aryl methyl sites for hydroxylation is 1. The third-order valence-corrected chi connectivity index (χ3v) is 5.33. The van der Waals surface area contributed by atoms with Gasteiger partial charge < -0.3 is 10.3 Å². The maximum absolute atomic E-state index is 14.1. The zero-order chi connectivity index (χ0) is 25.6. The standard InChI is InChI=1S/C21H19F7N4O2/c1-9-17(19(34)29-8-20(23,24)25)10(2)30-18(9)16-7-15(31-32(16)11(3)33)12-4-5-13(14(22)6-12)21(26,27)28/h4-6,16,30H,7-8H2,1-3H3,(H,29,34). The highest BCUT2D eigenvalue weighted by atomic mass is 19.4. The van der Waals surface area contributed by atoms with Crippen LogP contribution in [0.15, 0.2) is 23.3 Å². The first kappa shape index (κ1) is 25.2. The van der Waals surface area contributed by atoms with E-state index in [0.29, 0.717) is 17.8 Å². The average Bonchev–Trinajstić information content (AvgIpc) is 3.26. The minimum atomic E-state index is -4.88. The third kappa shape index (κ3) is 5.07. The summed E-state index contributed by atoms with van der Waals surface area (Å²) in [5.41, 5.74) is -0.466. The fourth-order valence-corrected chi connectivity index (χ4v) is 3.84. The maximum atomic E-state index is 14.1. The van der Waals surface area contributed by atoms with Crippen LogP contribution in [0.3, 0.4) is 0 Å². The smallest absolute Gasteiger partial charge is 0.360 e. The number of rotatable bonds is 4. The van der Waals surface area contributed by atoms with E-state index in [1.807, 2.05) is 0 Å². The highest BCUT2D eigenvalue weighted by molar-refractivity contribution is 6.03. The Morgan fingerprint density at radius 3 is 2.35 bits per heavy atom. The first-order valence-corrected chi connectivity index (χ1v) is 9.88. The number of amides is 2. The monoisotopic (exact) mass is 492 g/mol. The van der Waals surface area contributed by atoms with Crippen molar-refractivity contribution in [3.05, 3.63) is 57.7 Å². The van der Waals surface area contributed by atoms with Gasteiger partial charge in [-0.25, -0.2) is 9.40 Å². The molecule has 3 rings (SSSR count). The van der Waals surface area contributed by atoms with E-state index in [2.05, 4.69) is 10.1 Å². The summed E-state index contributed by atoms with van der Waals surface area (Å²) >= 11 is 0. The van der Waals surface area contributed by atoms with Crippen LogP contribution in [0.5, 0.6) is 0 Å². The largest absolute Gasteiger partial charge is 0.419 e. The molecule has 1 aromatic carbocycles. The van der Waals surface area contributed by atoms with Crippen LogP contribution in [0.25, 0.3) is 0 Å². The molecule has 1 unspecified atom stereocenters. The van der Waals surface area contributed by atoms with Crippen molar-refractivity contribution >= 4 is 17.5 Å². The zero-order valence-corrected chi connectivity index (χ0v) is 18.1. The molecule has 1 atom stereocenters. The second-order valence-electron chi connectivity index (χ2n) is 7.78. The Kier molecular flexibility index (Phi) is 6.51. The predicted molar refractivity (Wildman–Crippen MR) is 106 cm³/mol. The second-order valence-corrected chi connectivity index (χ2v) is 7.78. The van der Waals surface area contributed by atoms with Crippen molar-refractivity contribution in [2.24, 2.45) is 5.10 Å². The molecule has 2 N–H and O–H groups in total. The molecule has 0 spiro atoms. The molecule has 0 fully saturated rings. The molecule has 6 nitrogen and oxygen atoms in total. The predicted octanol–water partition coefficient (Wildman–Crippen LogP) is 4.78. The van der Waals surface area contributed by atoms with Gasteiger partial charge in [0.1, 0.15) is 18.4 Å². The van der Waals surface area contributed by atoms with Gasteiger partial charge in [0.2, 0.25) is 5.91 Å². The SMILES string of the molecule is CC(=O)N1N=C(c2ccc(C(F)(F)F)c(F)c2)CC1c1[nH]c(C)c(C(=O)NCC(F)(F)F)c1C. The molecule has 1 aliphatic heterocycles. The number of hydrogen-bond acceptors (Lipinski definition) is 3.